The van der Waals surface area contributed by atoms with Crippen LogP contribution in [0.15, 0.2) is 29.6 Å². The molecule has 0 spiro atoms. The maximum absolute atomic E-state index is 6.18. The predicted octanol–water partition coefficient (Wildman–Crippen LogP) is 5.44. The quantitative estimate of drug-likeness (QED) is 0.792. The first-order valence-electron chi connectivity index (χ1n) is 6.89. The van der Waals surface area contributed by atoms with Gasteiger partial charge in [0.15, 0.2) is 0 Å². The molecule has 1 aromatic carbocycles. The van der Waals surface area contributed by atoms with E-state index in [1.165, 1.54) is 30.4 Å². The number of hydrogen-bond acceptors (Lipinski definition) is 2. The Kier molecular flexibility index (Phi) is 4.37. The van der Waals surface area contributed by atoms with Crippen molar-refractivity contribution < 1.29 is 0 Å². The van der Waals surface area contributed by atoms with Gasteiger partial charge in [0.2, 0.25) is 0 Å². The Morgan fingerprint density at radius 1 is 1.25 bits per heavy atom. The van der Waals surface area contributed by atoms with Crippen molar-refractivity contribution in [2.24, 2.45) is 0 Å². The third-order valence-corrected chi connectivity index (χ3v) is 5.85. The largest absolute Gasteiger partial charge is 0.312 e. The Balaban J connectivity index is 1.97. The van der Waals surface area contributed by atoms with E-state index in [0.29, 0.717) is 22.0 Å². The van der Waals surface area contributed by atoms with Gasteiger partial charge in [-0.2, -0.15) is 0 Å². The van der Waals surface area contributed by atoms with Crippen LogP contribution < -0.4 is 5.32 Å². The summed E-state index contributed by atoms with van der Waals surface area (Å²) >= 11 is 14.1. The molecule has 1 aliphatic carbocycles. The first-order valence-corrected chi connectivity index (χ1v) is 8.52. The van der Waals surface area contributed by atoms with Crippen LogP contribution in [0.25, 0.3) is 0 Å². The van der Waals surface area contributed by atoms with E-state index in [-0.39, 0.29) is 0 Å². The minimum absolute atomic E-state index is 0.290. The van der Waals surface area contributed by atoms with E-state index in [2.05, 4.69) is 22.8 Å². The highest BCUT2D eigenvalue weighted by Gasteiger charge is 2.29. The predicted molar refractivity (Wildman–Crippen MR) is 88.3 cm³/mol. The van der Waals surface area contributed by atoms with E-state index in [1.807, 2.05) is 30.5 Å². The molecule has 1 aromatic heterocycles. The molecule has 2 aromatic rings. The Labute approximate surface area is 133 Å². The van der Waals surface area contributed by atoms with Gasteiger partial charge in [-0.05, 0) is 61.0 Å². The van der Waals surface area contributed by atoms with Crippen molar-refractivity contribution in [3.63, 3.8) is 0 Å². The average molecular weight is 326 g/mol. The number of fused-ring (bicyclic) bond motifs is 1. The molecule has 2 atom stereocenters. The normalized spacial score (nSPS) is 19.6. The molecule has 1 aliphatic rings. The number of nitrogens with one attached hydrogen (secondary N) is 1. The van der Waals surface area contributed by atoms with Crippen LogP contribution in [0.1, 0.15) is 40.8 Å². The van der Waals surface area contributed by atoms with Crippen LogP contribution in [0.5, 0.6) is 0 Å². The van der Waals surface area contributed by atoms with Crippen LogP contribution in [0.3, 0.4) is 0 Å². The highest BCUT2D eigenvalue weighted by Crippen LogP contribution is 2.42. The first-order chi connectivity index (χ1) is 9.70. The molecule has 0 radical (unpaired) electrons. The fourth-order valence-corrected chi connectivity index (χ4v) is 4.48. The summed E-state index contributed by atoms with van der Waals surface area (Å²) in [4.78, 5) is 1.54. The van der Waals surface area contributed by atoms with Gasteiger partial charge in [-0.1, -0.05) is 29.3 Å². The molecular formula is C16H17Cl2NS. The number of aryl methyl sites for hydroxylation is 1. The number of hydrogen-bond donors (Lipinski definition) is 1. The highest BCUT2D eigenvalue weighted by molar-refractivity contribution is 7.10. The monoisotopic (exact) mass is 325 g/mol. The molecule has 1 heterocycles. The smallest absolute Gasteiger partial charge is 0.0595 e. The lowest BCUT2D eigenvalue weighted by atomic mass is 9.80. The highest BCUT2D eigenvalue weighted by atomic mass is 35.5. The van der Waals surface area contributed by atoms with Gasteiger partial charge >= 0.3 is 0 Å². The number of thiophene rings is 1. The first kappa shape index (κ1) is 14.4. The second-order valence-electron chi connectivity index (χ2n) is 5.24. The maximum Gasteiger partial charge on any atom is 0.0595 e. The lowest BCUT2D eigenvalue weighted by Gasteiger charge is -2.31. The Bertz CT molecular complexity index is 608. The Morgan fingerprint density at radius 3 is 2.85 bits per heavy atom. The van der Waals surface area contributed by atoms with Crippen LogP contribution in [0.2, 0.25) is 10.0 Å². The van der Waals surface area contributed by atoms with Gasteiger partial charge < -0.3 is 5.32 Å². The van der Waals surface area contributed by atoms with Crippen molar-refractivity contribution in [1.29, 1.82) is 0 Å². The van der Waals surface area contributed by atoms with Crippen LogP contribution in [-0.4, -0.2) is 7.05 Å². The summed E-state index contributed by atoms with van der Waals surface area (Å²) in [6, 6.07) is 8.53. The van der Waals surface area contributed by atoms with Gasteiger partial charge in [-0.15, -0.1) is 11.3 Å². The Morgan fingerprint density at radius 2 is 2.10 bits per heavy atom. The van der Waals surface area contributed by atoms with E-state index in [4.69, 9.17) is 23.2 Å². The third kappa shape index (κ3) is 2.62. The van der Waals surface area contributed by atoms with Gasteiger partial charge in [0.25, 0.3) is 0 Å². The molecule has 106 valence electrons. The van der Waals surface area contributed by atoms with Crippen molar-refractivity contribution in [2.75, 3.05) is 7.05 Å². The van der Waals surface area contributed by atoms with E-state index in [9.17, 15) is 0 Å². The zero-order valence-electron chi connectivity index (χ0n) is 11.3. The molecule has 2 unspecified atom stereocenters. The van der Waals surface area contributed by atoms with E-state index in [0.717, 1.165) is 0 Å². The molecule has 1 nitrogen and oxygen atoms in total. The molecule has 1 N–H and O–H groups in total. The Hall–Kier alpha value is -0.540. The van der Waals surface area contributed by atoms with E-state index >= 15 is 0 Å². The number of halogens is 2. The van der Waals surface area contributed by atoms with Gasteiger partial charge in [0, 0.05) is 16.8 Å². The van der Waals surface area contributed by atoms with Gasteiger partial charge in [-0.3, -0.25) is 0 Å². The maximum atomic E-state index is 6.18. The molecule has 0 amide bonds. The molecule has 0 saturated heterocycles. The van der Waals surface area contributed by atoms with Crippen molar-refractivity contribution in [2.45, 2.75) is 31.2 Å². The summed E-state index contributed by atoms with van der Waals surface area (Å²) in [6.07, 6.45) is 3.70. The molecule has 0 fully saturated rings. The molecule has 3 rings (SSSR count). The van der Waals surface area contributed by atoms with Gasteiger partial charge in [0.05, 0.1) is 10.0 Å². The summed E-state index contributed by atoms with van der Waals surface area (Å²) in [5.41, 5.74) is 2.72. The minimum atomic E-state index is 0.290. The van der Waals surface area contributed by atoms with E-state index < -0.39 is 0 Å². The molecule has 20 heavy (non-hydrogen) atoms. The second kappa shape index (κ2) is 6.07. The fraction of sp³-hybridized carbons (Fsp3) is 0.375. The average Bonchev–Trinajstić information content (AvgIpc) is 2.93. The summed E-state index contributed by atoms with van der Waals surface area (Å²) in [5, 5.41) is 6.93. The summed E-state index contributed by atoms with van der Waals surface area (Å²) in [6.45, 7) is 0. The lowest BCUT2D eigenvalue weighted by molar-refractivity contribution is 0.428. The molecule has 0 aliphatic heterocycles. The standard InChI is InChI=1S/C16H17Cl2NS/c1-19-16(10-5-6-13(17)14(18)9-10)12-3-2-4-15-11(12)7-8-20-15/h5-9,12,16,19H,2-4H2,1H3. The summed E-state index contributed by atoms with van der Waals surface area (Å²) in [5.74, 6) is 0.521. The van der Waals surface area contributed by atoms with Gasteiger partial charge in [0.1, 0.15) is 0 Å². The van der Waals surface area contributed by atoms with E-state index in [1.54, 1.807) is 4.88 Å². The topological polar surface area (TPSA) is 12.0 Å². The molecular weight excluding hydrogens is 309 g/mol. The fourth-order valence-electron chi connectivity index (χ4n) is 3.17. The third-order valence-electron chi connectivity index (χ3n) is 4.11. The van der Waals surface area contributed by atoms with Crippen LogP contribution >= 0.6 is 34.5 Å². The number of likely N-dealkylation sites (N-methyl/N-ethyl adjacent to an activating group) is 1. The molecule has 0 saturated carbocycles. The minimum Gasteiger partial charge on any atom is -0.312 e. The number of benzene rings is 1. The van der Waals surface area contributed by atoms with Crippen LogP contribution in [0.4, 0.5) is 0 Å². The van der Waals surface area contributed by atoms with Crippen molar-refractivity contribution in [3.05, 3.63) is 55.7 Å². The number of rotatable bonds is 3. The SMILES string of the molecule is CNC(c1ccc(Cl)c(Cl)c1)C1CCCc2sccc21. The van der Waals surface area contributed by atoms with Crippen LogP contribution in [-0.2, 0) is 6.42 Å². The van der Waals surface area contributed by atoms with Crippen molar-refractivity contribution in [1.82, 2.24) is 5.32 Å². The summed E-state index contributed by atoms with van der Waals surface area (Å²) < 4.78 is 0. The van der Waals surface area contributed by atoms with Crippen molar-refractivity contribution >= 4 is 34.5 Å². The van der Waals surface area contributed by atoms with Crippen LogP contribution in [0, 0.1) is 0 Å². The van der Waals surface area contributed by atoms with Gasteiger partial charge in [-0.25, -0.2) is 0 Å². The molecule has 0 bridgehead atoms. The second-order valence-corrected chi connectivity index (χ2v) is 7.05. The zero-order valence-corrected chi connectivity index (χ0v) is 13.7. The van der Waals surface area contributed by atoms with Crippen molar-refractivity contribution in [3.8, 4) is 0 Å². The summed E-state index contributed by atoms with van der Waals surface area (Å²) in [7, 11) is 2.02. The lowest BCUT2D eigenvalue weighted by Crippen LogP contribution is -2.26. The molecule has 4 heteroatoms. The zero-order chi connectivity index (χ0) is 14.1.